The minimum absolute atomic E-state index is 0.417. The molecule has 0 saturated heterocycles. The number of hydrogen-bond donors (Lipinski definition) is 3. The topological polar surface area (TPSA) is 78.4 Å². The Labute approximate surface area is 90.2 Å². The van der Waals surface area contributed by atoms with Gasteiger partial charge in [-0.15, -0.1) is 0 Å². The first-order chi connectivity index (χ1) is 6.97. The van der Waals surface area contributed by atoms with Gasteiger partial charge in [0.2, 0.25) is 0 Å². The Kier molecular flexibility index (Phi) is 6.49. The standard InChI is InChI=1S/C10H20N2O3/c1-4-5-7(2)6-11-10(15)12-8(3)9(13)14/h7-8H,4-6H2,1-3H3,(H,13,14)(H2,11,12,15). The van der Waals surface area contributed by atoms with E-state index in [4.69, 9.17) is 5.11 Å². The molecule has 0 aliphatic rings. The van der Waals surface area contributed by atoms with Crippen molar-refractivity contribution in [3.63, 3.8) is 0 Å². The van der Waals surface area contributed by atoms with Crippen molar-refractivity contribution in [1.29, 1.82) is 0 Å². The largest absolute Gasteiger partial charge is 0.480 e. The molecule has 0 bridgehead atoms. The summed E-state index contributed by atoms with van der Waals surface area (Å²) in [6, 6.07) is -1.28. The third-order valence-corrected chi connectivity index (χ3v) is 2.11. The van der Waals surface area contributed by atoms with E-state index in [9.17, 15) is 9.59 Å². The highest BCUT2D eigenvalue weighted by molar-refractivity contribution is 5.82. The second-order valence-electron chi connectivity index (χ2n) is 3.81. The predicted octanol–water partition coefficient (Wildman–Crippen LogP) is 1.19. The van der Waals surface area contributed by atoms with Gasteiger partial charge in [0.1, 0.15) is 6.04 Å². The van der Waals surface area contributed by atoms with Gasteiger partial charge in [0.25, 0.3) is 0 Å². The molecule has 0 spiro atoms. The van der Waals surface area contributed by atoms with Crippen LogP contribution in [0, 0.1) is 5.92 Å². The van der Waals surface area contributed by atoms with E-state index in [1.54, 1.807) is 0 Å². The monoisotopic (exact) mass is 216 g/mol. The number of amides is 2. The molecule has 0 aliphatic carbocycles. The van der Waals surface area contributed by atoms with Gasteiger partial charge in [-0.3, -0.25) is 4.79 Å². The first-order valence-electron chi connectivity index (χ1n) is 5.24. The summed E-state index contributed by atoms with van der Waals surface area (Å²) >= 11 is 0. The maximum Gasteiger partial charge on any atom is 0.325 e. The number of carboxylic acid groups (broad SMARTS) is 1. The molecular formula is C10H20N2O3. The Hall–Kier alpha value is -1.26. The fourth-order valence-electron chi connectivity index (χ4n) is 1.17. The summed E-state index contributed by atoms with van der Waals surface area (Å²) in [5.74, 6) is -0.618. The number of urea groups is 1. The van der Waals surface area contributed by atoms with Crippen LogP contribution in [0.1, 0.15) is 33.6 Å². The first kappa shape index (κ1) is 13.7. The summed E-state index contributed by atoms with van der Waals surface area (Å²) in [5.41, 5.74) is 0. The van der Waals surface area contributed by atoms with Crippen molar-refractivity contribution < 1.29 is 14.7 Å². The summed E-state index contributed by atoms with van der Waals surface area (Å²) in [5, 5.41) is 13.5. The van der Waals surface area contributed by atoms with E-state index in [0.29, 0.717) is 12.5 Å². The van der Waals surface area contributed by atoms with Crippen LogP contribution in [0.25, 0.3) is 0 Å². The number of carbonyl (C=O) groups excluding carboxylic acids is 1. The van der Waals surface area contributed by atoms with Crippen molar-refractivity contribution in [3.8, 4) is 0 Å². The van der Waals surface area contributed by atoms with E-state index in [1.807, 2.05) is 6.92 Å². The van der Waals surface area contributed by atoms with Crippen molar-refractivity contribution in [2.75, 3.05) is 6.54 Å². The maximum absolute atomic E-state index is 11.2. The Bertz CT molecular complexity index is 219. The van der Waals surface area contributed by atoms with Gasteiger partial charge in [-0.1, -0.05) is 20.3 Å². The van der Waals surface area contributed by atoms with E-state index >= 15 is 0 Å². The molecule has 5 heteroatoms. The molecule has 0 aromatic heterocycles. The Morgan fingerprint density at radius 1 is 1.33 bits per heavy atom. The van der Waals surface area contributed by atoms with Crippen LogP contribution < -0.4 is 10.6 Å². The second-order valence-corrected chi connectivity index (χ2v) is 3.81. The van der Waals surface area contributed by atoms with Crippen molar-refractivity contribution in [1.82, 2.24) is 10.6 Å². The highest BCUT2D eigenvalue weighted by Crippen LogP contribution is 2.02. The fourth-order valence-corrected chi connectivity index (χ4v) is 1.17. The first-order valence-corrected chi connectivity index (χ1v) is 5.24. The molecule has 2 atom stereocenters. The fraction of sp³-hybridized carbons (Fsp3) is 0.800. The zero-order chi connectivity index (χ0) is 11.8. The van der Waals surface area contributed by atoms with Crippen LogP contribution in [0.4, 0.5) is 4.79 Å². The van der Waals surface area contributed by atoms with Crippen LogP contribution in [-0.4, -0.2) is 29.7 Å². The smallest absolute Gasteiger partial charge is 0.325 e. The molecule has 0 rings (SSSR count). The minimum Gasteiger partial charge on any atom is -0.480 e. The molecule has 0 radical (unpaired) electrons. The normalized spacial score (nSPS) is 14.1. The Morgan fingerprint density at radius 2 is 1.93 bits per heavy atom. The molecule has 88 valence electrons. The third-order valence-electron chi connectivity index (χ3n) is 2.11. The van der Waals surface area contributed by atoms with Crippen molar-refractivity contribution in [2.45, 2.75) is 39.7 Å². The third kappa shape index (κ3) is 6.76. The van der Waals surface area contributed by atoms with Crippen LogP contribution in [0.15, 0.2) is 0 Å². The molecule has 0 aromatic carbocycles. The van der Waals surface area contributed by atoms with Gasteiger partial charge in [-0.25, -0.2) is 4.79 Å². The summed E-state index contributed by atoms with van der Waals surface area (Å²) in [6.45, 7) is 6.14. The average molecular weight is 216 g/mol. The highest BCUT2D eigenvalue weighted by atomic mass is 16.4. The average Bonchev–Trinajstić information content (AvgIpc) is 2.15. The molecule has 0 fully saturated rings. The summed E-state index contributed by atoms with van der Waals surface area (Å²) in [4.78, 5) is 21.6. The number of nitrogens with one attached hydrogen (secondary N) is 2. The van der Waals surface area contributed by atoms with Crippen LogP contribution in [0.5, 0.6) is 0 Å². The molecule has 5 nitrogen and oxygen atoms in total. The van der Waals surface area contributed by atoms with Crippen molar-refractivity contribution in [2.24, 2.45) is 5.92 Å². The van der Waals surface area contributed by atoms with E-state index in [1.165, 1.54) is 6.92 Å². The van der Waals surface area contributed by atoms with Crippen molar-refractivity contribution in [3.05, 3.63) is 0 Å². The number of carboxylic acids is 1. The predicted molar refractivity (Wildman–Crippen MR) is 57.7 cm³/mol. The summed E-state index contributed by atoms with van der Waals surface area (Å²) in [6.07, 6.45) is 2.13. The molecule has 15 heavy (non-hydrogen) atoms. The van der Waals surface area contributed by atoms with Gasteiger partial charge in [-0.05, 0) is 19.3 Å². The lowest BCUT2D eigenvalue weighted by atomic mass is 10.1. The van der Waals surface area contributed by atoms with Gasteiger partial charge < -0.3 is 15.7 Å². The lowest BCUT2D eigenvalue weighted by molar-refractivity contribution is -0.138. The molecule has 2 amide bonds. The lowest BCUT2D eigenvalue weighted by Gasteiger charge is -2.13. The summed E-state index contributed by atoms with van der Waals surface area (Å²) in [7, 11) is 0. The van der Waals surface area contributed by atoms with Gasteiger partial charge in [-0.2, -0.15) is 0 Å². The molecule has 0 aliphatic heterocycles. The SMILES string of the molecule is CCCC(C)CNC(=O)NC(C)C(=O)O. The molecular weight excluding hydrogens is 196 g/mol. The number of rotatable bonds is 6. The van der Waals surface area contributed by atoms with E-state index in [0.717, 1.165) is 12.8 Å². The zero-order valence-electron chi connectivity index (χ0n) is 9.54. The van der Waals surface area contributed by atoms with Gasteiger partial charge in [0.15, 0.2) is 0 Å². The van der Waals surface area contributed by atoms with Gasteiger partial charge in [0, 0.05) is 6.54 Å². The van der Waals surface area contributed by atoms with Crippen LogP contribution in [0.3, 0.4) is 0 Å². The van der Waals surface area contributed by atoms with E-state index in [2.05, 4.69) is 17.6 Å². The van der Waals surface area contributed by atoms with Crippen LogP contribution >= 0.6 is 0 Å². The zero-order valence-corrected chi connectivity index (χ0v) is 9.54. The number of hydrogen-bond acceptors (Lipinski definition) is 2. The lowest BCUT2D eigenvalue weighted by Crippen LogP contribution is -2.45. The highest BCUT2D eigenvalue weighted by Gasteiger charge is 2.13. The second kappa shape index (κ2) is 7.09. The van der Waals surface area contributed by atoms with E-state index in [-0.39, 0.29) is 0 Å². The van der Waals surface area contributed by atoms with Gasteiger partial charge >= 0.3 is 12.0 Å². The minimum atomic E-state index is -1.04. The Morgan fingerprint density at radius 3 is 2.40 bits per heavy atom. The maximum atomic E-state index is 11.2. The van der Waals surface area contributed by atoms with Crippen LogP contribution in [-0.2, 0) is 4.79 Å². The van der Waals surface area contributed by atoms with Gasteiger partial charge in [0.05, 0.1) is 0 Å². The van der Waals surface area contributed by atoms with Crippen molar-refractivity contribution >= 4 is 12.0 Å². The quantitative estimate of drug-likeness (QED) is 0.624. The summed E-state index contributed by atoms with van der Waals surface area (Å²) < 4.78 is 0. The molecule has 0 aromatic rings. The Balaban J connectivity index is 3.70. The van der Waals surface area contributed by atoms with Crippen LogP contribution in [0.2, 0.25) is 0 Å². The molecule has 0 heterocycles. The molecule has 2 unspecified atom stereocenters. The molecule has 0 saturated carbocycles. The van der Waals surface area contributed by atoms with E-state index < -0.39 is 18.0 Å². The number of carbonyl (C=O) groups is 2. The molecule has 3 N–H and O–H groups in total. The number of aliphatic carboxylic acids is 1.